The van der Waals surface area contributed by atoms with E-state index in [2.05, 4.69) is 9.72 Å². The van der Waals surface area contributed by atoms with Crippen molar-refractivity contribution in [3.05, 3.63) is 76.9 Å². The Balaban J connectivity index is 1.69. The van der Waals surface area contributed by atoms with Crippen molar-refractivity contribution in [3.63, 3.8) is 0 Å². The van der Waals surface area contributed by atoms with Gasteiger partial charge in [0.1, 0.15) is 22.8 Å². The van der Waals surface area contributed by atoms with E-state index in [1.54, 1.807) is 64.1 Å². The van der Waals surface area contributed by atoms with E-state index in [0.717, 1.165) is 12.1 Å². The summed E-state index contributed by atoms with van der Waals surface area (Å²) >= 11 is 6.36. The fourth-order valence-corrected chi connectivity index (χ4v) is 4.09. The number of aryl methyl sites for hydroxylation is 1. The van der Waals surface area contributed by atoms with Gasteiger partial charge in [-0.15, -0.1) is 13.2 Å². The number of hydrogen-bond donors (Lipinski definition) is 1. The van der Waals surface area contributed by atoms with Gasteiger partial charge in [-0.3, -0.25) is 4.98 Å². The number of halogens is 4. The molecule has 1 heterocycles. The molecule has 0 saturated heterocycles. The Morgan fingerprint density at radius 1 is 0.950 bits per heavy atom. The molecule has 11 heteroatoms. The van der Waals surface area contributed by atoms with Crippen LogP contribution in [0.25, 0.3) is 22.0 Å². The summed E-state index contributed by atoms with van der Waals surface area (Å²) in [6.07, 6.45) is -5.70. The van der Waals surface area contributed by atoms with Gasteiger partial charge in [0.15, 0.2) is 5.75 Å². The van der Waals surface area contributed by atoms with Crippen LogP contribution in [0.5, 0.6) is 23.0 Å². The van der Waals surface area contributed by atoms with Crippen LogP contribution in [-0.2, 0) is 11.3 Å². The van der Waals surface area contributed by atoms with Gasteiger partial charge in [-0.05, 0) is 87.4 Å². The minimum absolute atomic E-state index is 0.178. The van der Waals surface area contributed by atoms with Crippen LogP contribution in [0, 0.1) is 6.92 Å². The number of aliphatic hydroxyl groups excluding tert-OH is 1. The van der Waals surface area contributed by atoms with Crippen LogP contribution in [0.2, 0.25) is 5.02 Å². The SMILES string of the molecule is Cc1nc2cc(CO)c(Cl)cc2c(OC(=O)OC(C)(C)C)c1-c1ccc(Oc2ccc(OC(F)(F)F)cc2)cc1. The lowest BCUT2D eigenvalue weighted by molar-refractivity contribution is -0.274. The lowest BCUT2D eigenvalue weighted by atomic mass is 9.99. The van der Waals surface area contributed by atoms with Crippen molar-refractivity contribution in [2.24, 2.45) is 0 Å². The van der Waals surface area contributed by atoms with Crippen molar-refractivity contribution in [1.29, 1.82) is 0 Å². The number of hydrogen-bond acceptors (Lipinski definition) is 7. The molecule has 7 nitrogen and oxygen atoms in total. The van der Waals surface area contributed by atoms with E-state index in [-0.39, 0.29) is 23.1 Å². The first-order valence-corrected chi connectivity index (χ1v) is 12.4. The average Bonchev–Trinajstić information content (AvgIpc) is 2.84. The monoisotopic (exact) mass is 575 g/mol. The van der Waals surface area contributed by atoms with E-state index >= 15 is 0 Å². The summed E-state index contributed by atoms with van der Waals surface area (Å²) in [5.74, 6) is 0.522. The second-order valence-electron chi connectivity index (χ2n) is 9.73. The van der Waals surface area contributed by atoms with Crippen molar-refractivity contribution in [2.45, 2.75) is 46.3 Å². The zero-order valence-corrected chi connectivity index (χ0v) is 22.7. The lowest BCUT2D eigenvalue weighted by Gasteiger charge is -2.21. The Morgan fingerprint density at radius 2 is 1.52 bits per heavy atom. The number of alkyl halides is 3. The third-order valence-corrected chi connectivity index (χ3v) is 5.82. The van der Waals surface area contributed by atoms with Gasteiger partial charge in [0.05, 0.1) is 12.1 Å². The first-order chi connectivity index (χ1) is 18.7. The van der Waals surface area contributed by atoms with Gasteiger partial charge >= 0.3 is 12.5 Å². The summed E-state index contributed by atoms with van der Waals surface area (Å²) in [4.78, 5) is 17.3. The fraction of sp³-hybridized carbons (Fsp3) is 0.241. The molecule has 0 fully saturated rings. The highest BCUT2D eigenvalue weighted by Gasteiger charge is 2.31. The number of ether oxygens (including phenoxy) is 4. The standard InChI is InChI=1S/C29H25ClF3NO6/c1-16-25(17-5-7-19(8-6-17)37-20-9-11-21(12-10-20)39-29(31,32)33)26(38-27(36)40-28(2,3)4)22-14-23(30)18(15-35)13-24(22)34-16/h5-14,35H,15H2,1-4H3. The molecule has 0 saturated carbocycles. The number of aliphatic hydroxyl groups is 1. The Hall–Kier alpha value is -4.02. The van der Waals surface area contributed by atoms with Crippen LogP contribution in [0.15, 0.2) is 60.7 Å². The maximum absolute atomic E-state index is 12.7. The number of carbonyl (C=O) groups excluding carboxylic acids is 1. The Kier molecular flexibility index (Phi) is 8.13. The van der Waals surface area contributed by atoms with Gasteiger partial charge in [0.25, 0.3) is 0 Å². The Labute approximate surface area is 233 Å². The summed E-state index contributed by atoms with van der Waals surface area (Å²) in [5.41, 5.74) is 1.81. The first kappa shape index (κ1) is 29.0. The van der Waals surface area contributed by atoms with Crippen LogP contribution >= 0.6 is 11.6 Å². The number of fused-ring (bicyclic) bond motifs is 1. The van der Waals surface area contributed by atoms with Gasteiger partial charge in [-0.25, -0.2) is 4.79 Å². The van der Waals surface area contributed by atoms with Crippen molar-refractivity contribution in [2.75, 3.05) is 0 Å². The third kappa shape index (κ3) is 7.13. The number of nitrogens with zero attached hydrogens (tertiary/aromatic N) is 1. The number of carbonyl (C=O) groups is 1. The molecule has 0 radical (unpaired) electrons. The molecule has 0 aliphatic heterocycles. The van der Waals surface area contributed by atoms with E-state index < -0.39 is 18.1 Å². The average molecular weight is 576 g/mol. The van der Waals surface area contributed by atoms with Crippen molar-refractivity contribution < 1.29 is 42.0 Å². The van der Waals surface area contributed by atoms with Gasteiger partial charge in [0, 0.05) is 21.7 Å². The highest BCUT2D eigenvalue weighted by atomic mass is 35.5. The van der Waals surface area contributed by atoms with E-state index in [0.29, 0.717) is 44.8 Å². The largest absolute Gasteiger partial charge is 0.573 e. The second-order valence-corrected chi connectivity index (χ2v) is 10.1. The number of pyridine rings is 1. The van der Waals surface area contributed by atoms with Crippen molar-refractivity contribution in [1.82, 2.24) is 4.98 Å². The third-order valence-electron chi connectivity index (χ3n) is 5.47. The molecule has 210 valence electrons. The molecule has 0 unspecified atom stereocenters. The van der Waals surface area contributed by atoms with Crippen LogP contribution in [0.3, 0.4) is 0 Å². The second kappa shape index (κ2) is 11.2. The van der Waals surface area contributed by atoms with Gasteiger partial charge in [-0.1, -0.05) is 23.7 Å². The number of benzene rings is 3. The molecule has 0 amide bonds. The minimum atomic E-state index is -4.79. The number of aromatic nitrogens is 1. The molecule has 1 aromatic heterocycles. The molecule has 0 atom stereocenters. The predicted octanol–water partition coefficient (Wildman–Crippen LogP) is 8.36. The van der Waals surface area contributed by atoms with Gasteiger partial charge in [-0.2, -0.15) is 0 Å². The summed E-state index contributed by atoms with van der Waals surface area (Å²) in [6, 6.07) is 14.9. The molecular weight excluding hydrogens is 551 g/mol. The van der Waals surface area contributed by atoms with E-state index in [4.69, 9.17) is 25.8 Å². The molecule has 0 bridgehead atoms. The van der Waals surface area contributed by atoms with Crippen LogP contribution < -0.4 is 14.2 Å². The fourth-order valence-electron chi connectivity index (χ4n) is 3.87. The molecule has 1 N–H and O–H groups in total. The van der Waals surface area contributed by atoms with Gasteiger partial charge in [0.2, 0.25) is 0 Å². The summed E-state index contributed by atoms with van der Waals surface area (Å²) in [7, 11) is 0. The topological polar surface area (TPSA) is 87.1 Å². The summed E-state index contributed by atoms with van der Waals surface area (Å²) in [6.45, 7) is 6.60. The number of rotatable bonds is 6. The Morgan fingerprint density at radius 3 is 2.08 bits per heavy atom. The minimum Gasteiger partial charge on any atom is -0.457 e. The molecule has 0 spiro atoms. The molecule has 4 rings (SSSR count). The Bertz CT molecular complexity index is 1530. The highest BCUT2D eigenvalue weighted by molar-refractivity contribution is 6.32. The first-order valence-electron chi connectivity index (χ1n) is 12.0. The van der Waals surface area contributed by atoms with Crippen LogP contribution in [0.1, 0.15) is 32.0 Å². The van der Waals surface area contributed by atoms with Crippen molar-refractivity contribution in [3.8, 4) is 34.1 Å². The molecule has 0 aliphatic rings. The quantitative estimate of drug-likeness (QED) is 0.231. The van der Waals surface area contributed by atoms with Crippen molar-refractivity contribution >= 4 is 28.7 Å². The maximum atomic E-state index is 12.7. The normalized spacial score (nSPS) is 11.8. The summed E-state index contributed by atoms with van der Waals surface area (Å²) in [5, 5.41) is 10.3. The van der Waals surface area contributed by atoms with E-state index in [9.17, 15) is 23.1 Å². The molecule has 0 aliphatic carbocycles. The smallest absolute Gasteiger partial charge is 0.457 e. The molecule has 4 aromatic rings. The zero-order valence-electron chi connectivity index (χ0n) is 21.9. The molecular formula is C29H25ClF3NO6. The van der Waals surface area contributed by atoms with Crippen LogP contribution in [-0.4, -0.2) is 28.2 Å². The predicted molar refractivity (Wildman–Crippen MR) is 143 cm³/mol. The van der Waals surface area contributed by atoms with E-state index in [1.165, 1.54) is 12.1 Å². The van der Waals surface area contributed by atoms with Gasteiger partial charge < -0.3 is 24.1 Å². The highest BCUT2D eigenvalue weighted by Crippen LogP contribution is 2.41. The lowest BCUT2D eigenvalue weighted by Crippen LogP contribution is -2.26. The van der Waals surface area contributed by atoms with E-state index in [1.807, 2.05) is 0 Å². The zero-order chi connectivity index (χ0) is 29.2. The molecule has 40 heavy (non-hydrogen) atoms. The maximum Gasteiger partial charge on any atom is 0.573 e. The summed E-state index contributed by atoms with van der Waals surface area (Å²) < 4.78 is 57.9. The molecule has 3 aromatic carbocycles. The van der Waals surface area contributed by atoms with Crippen LogP contribution in [0.4, 0.5) is 18.0 Å².